The normalized spacial score (nSPS) is 10.4. The van der Waals surface area contributed by atoms with Crippen LogP contribution in [-0.2, 0) is 0 Å². The van der Waals surface area contributed by atoms with Gasteiger partial charge in [-0.2, -0.15) is 0 Å². The van der Waals surface area contributed by atoms with E-state index in [2.05, 4.69) is 67.3 Å². The summed E-state index contributed by atoms with van der Waals surface area (Å²) in [5.74, 6) is 0.0945. The van der Waals surface area contributed by atoms with Crippen molar-refractivity contribution in [3.05, 3.63) is 50.4 Å². The Labute approximate surface area is 188 Å². The lowest BCUT2D eigenvalue weighted by atomic mass is 10.1. The minimum absolute atomic E-state index is 0.224. The number of amides is 1. The minimum Gasteiger partial charge on any atom is -0.495 e. The van der Waals surface area contributed by atoms with Crippen LogP contribution in [0.1, 0.15) is 29.8 Å². The van der Waals surface area contributed by atoms with Gasteiger partial charge in [-0.3, -0.25) is 10.1 Å². The third-order valence-electron chi connectivity index (χ3n) is 4.27. The largest absolute Gasteiger partial charge is 0.495 e. The van der Waals surface area contributed by atoms with Crippen molar-refractivity contribution in [2.45, 2.75) is 20.8 Å². The summed E-state index contributed by atoms with van der Waals surface area (Å²) in [6.45, 7) is 8.16. The van der Waals surface area contributed by atoms with Gasteiger partial charge < -0.3 is 15.0 Å². The Morgan fingerprint density at radius 3 is 2.43 bits per heavy atom. The highest BCUT2D eigenvalue weighted by molar-refractivity contribution is 9.11. The summed E-state index contributed by atoms with van der Waals surface area (Å²) in [5, 5.41) is 6.03. The Balaban J connectivity index is 2.13. The van der Waals surface area contributed by atoms with Crippen molar-refractivity contribution in [2.75, 3.05) is 30.4 Å². The van der Waals surface area contributed by atoms with Crippen molar-refractivity contribution in [2.24, 2.45) is 0 Å². The first-order valence-corrected chi connectivity index (χ1v) is 10.8. The van der Waals surface area contributed by atoms with Crippen LogP contribution in [0.5, 0.6) is 5.75 Å². The summed E-state index contributed by atoms with van der Waals surface area (Å²) in [4.78, 5) is 14.9. The fourth-order valence-corrected chi connectivity index (χ4v) is 4.42. The number of nitrogens with zero attached hydrogens (tertiary/aromatic N) is 1. The summed E-state index contributed by atoms with van der Waals surface area (Å²) >= 11 is 12.1. The first-order valence-electron chi connectivity index (χ1n) is 8.81. The number of rotatable bonds is 6. The zero-order chi connectivity index (χ0) is 20.8. The highest BCUT2D eigenvalue weighted by Gasteiger charge is 2.17. The zero-order valence-electron chi connectivity index (χ0n) is 16.2. The first kappa shape index (κ1) is 22.6. The predicted molar refractivity (Wildman–Crippen MR) is 127 cm³/mol. The van der Waals surface area contributed by atoms with Gasteiger partial charge in [0.2, 0.25) is 0 Å². The summed E-state index contributed by atoms with van der Waals surface area (Å²) < 4.78 is 6.76. The van der Waals surface area contributed by atoms with E-state index >= 15 is 0 Å². The van der Waals surface area contributed by atoms with Crippen LogP contribution in [0.25, 0.3) is 0 Å². The number of hydrogen-bond donors (Lipinski definition) is 2. The Morgan fingerprint density at radius 2 is 1.86 bits per heavy atom. The molecule has 8 heteroatoms. The van der Waals surface area contributed by atoms with Crippen molar-refractivity contribution in [1.29, 1.82) is 0 Å². The molecule has 0 aliphatic heterocycles. The van der Waals surface area contributed by atoms with Crippen LogP contribution >= 0.6 is 44.1 Å². The highest BCUT2D eigenvalue weighted by Crippen LogP contribution is 2.32. The van der Waals surface area contributed by atoms with E-state index in [-0.39, 0.29) is 11.0 Å². The number of methoxy groups -OCH3 is 1. The van der Waals surface area contributed by atoms with Crippen molar-refractivity contribution < 1.29 is 9.53 Å². The van der Waals surface area contributed by atoms with Crippen LogP contribution in [0.2, 0.25) is 0 Å². The number of hydrogen-bond acceptors (Lipinski definition) is 4. The van der Waals surface area contributed by atoms with Crippen molar-refractivity contribution in [3.8, 4) is 5.75 Å². The third kappa shape index (κ3) is 5.46. The van der Waals surface area contributed by atoms with Gasteiger partial charge in [-0.05, 0) is 84.8 Å². The number of thiocarbonyl (C=S) groups is 1. The molecule has 0 fully saturated rings. The standard InChI is InChI=1S/C20H23Br2N3O2S/c1-5-25(6-2)14-7-8-17(12(3)9-14)23-20(28)24-19(26)15-10-13(21)11-16(22)18(15)27-4/h7-11H,5-6H2,1-4H3,(H2,23,24,26,28). The second kappa shape index (κ2) is 10.2. The number of anilines is 2. The number of aryl methyl sites for hydroxylation is 1. The molecular weight excluding hydrogens is 506 g/mol. The number of ether oxygens (including phenoxy) is 1. The van der Waals surface area contributed by atoms with E-state index in [4.69, 9.17) is 17.0 Å². The number of halogens is 2. The van der Waals surface area contributed by atoms with Gasteiger partial charge in [-0.1, -0.05) is 15.9 Å². The van der Waals surface area contributed by atoms with Gasteiger partial charge in [-0.25, -0.2) is 0 Å². The fourth-order valence-electron chi connectivity index (χ4n) is 2.83. The van der Waals surface area contributed by atoms with Gasteiger partial charge in [0.25, 0.3) is 5.91 Å². The summed E-state index contributed by atoms with van der Waals surface area (Å²) in [6, 6.07) is 9.62. The lowest BCUT2D eigenvalue weighted by Gasteiger charge is -2.22. The molecule has 0 aliphatic rings. The van der Waals surface area contributed by atoms with Gasteiger partial charge in [-0.15, -0.1) is 0 Å². The van der Waals surface area contributed by atoms with Gasteiger partial charge in [0.15, 0.2) is 5.11 Å². The van der Waals surface area contributed by atoms with Crippen molar-refractivity contribution >= 4 is 66.5 Å². The van der Waals surface area contributed by atoms with Crippen molar-refractivity contribution in [1.82, 2.24) is 5.32 Å². The number of nitrogens with one attached hydrogen (secondary N) is 2. The molecule has 0 saturated carbocycles. The molecule has 2 N–H and O–H groups in total. The Hall–Kier alpha value is -1.64. The fraction of sp³-hybridized carbons (Fsp3) is 0.300. The van der Waals surface area contributed by atoms with Gasteiger partial charge >= 0.3 is 0 Å². The Morgan fingerprint density at radius 1 is 1.18 bits per heavy atom. The number of carbonyl (C=O) groups excluding carboxylic acids is 1. The van der Waals surface area contributed by atoms with Gasteiger partial charge in [0.1, 0.15) is 5.75 Å². The minimum atomic E-state index is -0.353. The van der Waals surface area contributed by atoms with E-state index in [0.717, 1.165) is 34.5 Å². The maximum atomic E-state index is 12.7. The van der Waals surface area contributed by atoms with E-state index in [1.807, 2.05) is 25.1 Å². The average Bonchev–Trinajstić information content (AvgIpc) is 2.64. The lowest BCUT2D eigenvalue weighted by molar-refractivity contribution is 0.0974. The predicted octanol–water partition coefficient (Wildman–Crippen LogP) is 5.50. The molecule has 0 heterocycles. The molecule has 0 spiro atoms. The second-order valence-corrected chi connectivity index (χ2v) is 8.23. The van der Waals surface area contributed by atoms with E-state index in [1.54, 1.807) is 6.07 Å². The molecule has 0 unspecified atom stereocenters. The third-order valence-corrected chi connectivity index (χ3v) is 5.52. The maximum Gasteiger partial charge on any atom is 0.261 e. The van der Waals surface area contributed by atoms with Gasteiger partial charge in [0, 0.05) is 28.9 Å². The number of benzene rings is 2. The molecule has 0 aliphatic carbocycles. The van der Waals surface area contributed by atoms with Crippen LogP contribution in [0, 0.1) is 6.92 Å². The molecule has 0 radical (unpaired) electrons. The molecular formula is C20H23Br2N3O2S. The van der Waals surface area contributed by atoms with Crippen LogP contribution in [0.4, 0.5) is 11.4 Å². The molecule has 0 atom stereocenters. The van der Waals surface area contributed by atoms with Crippen LogP contribution in [0.15, 0.2) is 39.3 Å². The smallest absolute Gasteiger partial charge is 0.261 e. The first-order chi connectivity index (χ1) is 13.3. The molecule has 5 nitrogen and oxygen atoms in total. The maximum absolute atomic E-state index is 12.7. The molecule has 2 aromatic carbocycles. The molecule has 1 amide bonds. The molecule has 0 saturated heterocycles. The average molecular weight is 529 g/mol. The molecule has 150 valence electrons. The van der Waals surface area contributed by atoms with E-state index in [0.29, 0.717) is 15.8 Å². The van der Waals surface area contributed by atoms with E-state index in [9.17, 15) is 4.79 Å². The number of carbonyl (C=O) groups is 1. The molecule has 0 bridgehead atoms. The van der Waals surface area contributed by atoms with Crippen LogP contribution in [0.3, 0.4) is 0 Å². The Bertz CT molecular complexity index is 886. The second-order valence-electron chi connectivity index (χ2n) is 6.05. The Kier molecular flexibility index (Phi) is 8.27. The molecule has 2 aromatic rings. The summed E-state index contributed by atoms with van der Waals surface area (Å²) in [6.07, 6.45) is 0. The zero-order valence-corrected chi connectivity index (χ0v) is 20.2. The lowest BCUT2D eigenvalue weighted by Crippen LogP contribution is -2.34. The van der Waals surface area contributed by atoms with Crippen LogP contribution < -0.4 is 20.3 Å². The monoisotopic (exact) mass is 527 g/mol. The summed E-state index contributed by atoms with van der Waals surface area (Å²) in [7, 11) is 1.52. The summed E-state index contributed by atoms with van der Waals surface area (Å²) in [5.41, 5.74) is 3.43. The topological polar surface area (TPSA) is 53.6 Å². The van der Waals surface area contributed by atoms with E-state index in [1.165, 1.54) is 7.11 Å². The molecule has 28 heavy (non-hydrogen) atoms. The molecule has 0 aromatic heterocycles. The van der Waals surface area contributed by atoms with E-state index < -0.39 is 0 Å². The molecule has 2 rings (SSSR count). The van der Waals surface area contributed by atoms with Crippen molar-refractivity contribution in [3.63, 3.8) is 0 Å². The quantitative estimate of drug-likeness (QED) is 0.485. The highest BCUT2D eigenvalue weighted by atomic mass is 79.9. The van der Waals surface area contributed by atoms with Crippen LogP contribution in [-0.4, -0.2) is 31.2 Å². The van der Waals surface area contributed by atoms with Gasteiger partial charge in [0.05, 0.1) is 17.1 Å². The SMILES string of the molecule is CCN(CC)c1ccc(NC(=S)NC(=O)c2cc(Br)cc(Br)c2OC)c(C)c1.